The standard InChI is InChI=1S/C14H18ClNO3S/c1-14(2,3)20-8-12(17)16-9-5-6-11(15)10(7-9)13(18)19-4/h5-7H,8H2,1-4H3,(H,16,17). The Balaban J connectivity index is 2.73. The maximum absolute atomic E-state index is 11.8. The monoisotopic (exact) mass is 315 g/mol. The second-order valence-corrected chi connectivity index (χ2v) is 7.34. The number of carbonyl (C=O) groups is 2. The van der Waals surface area contributed by atoms with Gasteiger partial charge in [-0.05, 0) is 18.2 Å². The second-order valence-electron chi connectivity index (χ2n) is 5.14. The van der Waals surface area contributed by atoms with Gasteiger partial charge in [-0.1, -0.05) is 32.4 Å². The number of benzene rings is 1. The molecule has 1 amide bonds. The van der Waals surface area contributed by atoms with Gasteiger partial charge in [0.2, 0.25) is 5.91 Å². The molecule has 0 saturated carbocycles. The van der Waals surface area contributed by atoms with Gasteiger partial charge in [0, 0.05) is 10.4 Å². The highest BCUT2D eigenvalue weighted by Crippen LogP contribution is 2.24. The zero-order chi connectivity index (χ0) is 15.3. The van der Waals surface area contributed by atoms with Gasteiger partial charge in [0.05, 0.1) is 23.4 Å². The van der Waals surface area contributed by atoms with Crippen molar-refractivity contribution in [2.24, 2.45) is 0 Å². The molecule has 0 unspecified atom stereocenters. The zero-order valence-electron chi connectivity index (χ0n) is 12.0. The van der Waals surface area contributed by atoms with Gasteiger partial charge < -0.3 is 10.1 Å². The number of nitrogens with one attached hydrogen (secondary N) is 1. The van der Waals surface area contributed by atoms with E-state index >= 15 is 0 Å². The van der Waals surface area contributed by atoms with Crippen LogP contribution < -0.4 is 5.32 Å². The molecular weight excluding hydrogens is 298 g/mol. The molecule has 1 N–H and O–H groups in total. The fourth-order valence-corrected chi connectivity index (χ4v) is 2.18. The number of rotatable bonds is 4. The van der Waals surface area contributed by atoms with Crippen molar-refractivity contribution in [1.29, 1.82) is 0 Å². The number of thioether (sulfide) groups is 1. The minimum absolute atomic E-state index is 0.0223. The minimum Gasteiger partial charge on any atom is -0.465 e. The van der Waals surface area contributed by atoms with Crippen molar-refractivity contribution in [2.75, 3.05) is 18.2 Å². The van der Waals surface area contributed by atoms with E-state index in [0.717, 1.165) is 0 Å². The maximum atomic E-state index is 11.8. The average molecular weight is 316 g/mol. The molecular formula is C14H18ClNO3S. The Morgan fingerprint density at radius 2 is 2.00 bits per heavy atom. The smallest absolute Gasteiger partial charge is 0.339 e. The molecule has 0 aliphatic rings. The number of ether oxygens (including phenoxy) is 1. The first kappa shape index (κ1) is 16.9. The summed E-state index contributed by atoms with van der Waals surface area (Å²) in [5, 5.41) is 3.03. The van der Waals surface area contributed by atoms with Crippen molar-refractivity contribution in [3.63, 3.8) is 0 Å². The molecule has 0 heterocycles. The van der Waals surface area contributed by atoms with E-state index in [9.17, 15) is 9.59 Å². The zero-order valence-corrected chi connectivity index (χ0v) is 13.5. The number of hydrogen-bond donors (Lipinski definition) is 1. The molecule has 0 spiro atoms. The van der Waals surface area contributed by atoms with Crippen LogP contribution in [0.25, 0.3) is 0 Å². The molecule has 1 rings (SSSR count). The lowest BCUT2D eigenvalue weighted by atomic mass is 10.2. The molecule has 6 heteroatoms. The molecule has 1 aromatic carbocycles. The summed E-state index contributed by atoms with van der Waals surface area (Å²) in [4.78, 5) is 23.3. The fraction of sp³-hybridized carbons (Fsp3) is 0.429. The van der Waals surface area contributed by atoms with Crippen LogP contribution in [0.2, 0.25) is 5.02 Å². The Hall–Kier alpha value is -1.20. The summed E-state index contributed by atoms with van der Waals surface area (Å²) in [5.41, 5.74) is 0.754. The van der Waals surface area contributed by atoms with Gasteiger partial charge >= 0.3 is 5.97 Å². The summed E-state index contributed by atoms with van der Waals surface area (Å²) < 4.78 is 4.65. The molecule has 4 nitrogen and oxygen atoms in total. The summed E-state index contributed by atoms with van der Waals surface area (Å²) in [6.45, 7) is 6.13. The molecule has 1 aromatic rings. The summed E-state index contributed by atoms with van der Waals surface area (Å²) in [5.74, 6) is -0.308. The van der Waals surface area contributed by atoms with Crippen LogP contribution in [-0.4, -0.2) is 29.5 Å². The Labute approximate surface area is 128 Å². The third-order valence-electron chi connectivity index (χ3n) is 2.29. The van der Waals surface area contributed by atoms with Crippen molar-refractivity contribution in [3.8, 4) is 0 Å². The molecule has 0 atom stereocenters. The molecule has 0 aromatic heterocycles. The van der Waals surface area contributed by atoms with Gasteiger partial charge in [-0.25, -0.2) is 4.79 Å². The first-order valence-electron chi connectivity index (χ1n) is 6.04. The third-order valence-corrected chi connectivity index (χ3v) is 3.89. The van der Waals surface area contributed by atoms with Crippen molar-refractivity contribution in [3.05, 3.63) is 28.8 Å². The second kappa shape index (κ2) is 6.99. The van der Waals surface area contributed by atoms with Crippen molar-refractivity contribution in [1.82, 2.24) is 0 Å². The number of hydrogen-bond acceptors (Lipinski definition) is 4. The fourth-order valence-electron chi connectivity index (χ4n) is 1.35. The van der Waals surface area contributed by atoms with Gasteiger partial charge in [0.25, 0.3) is 0 Å². The number of carbonyl (C=O) groups excluding carboxylic acids is 2. The van der Waals surface area contributed by atoms with Crippen LogP contribution in [0, 0.1) is 0 Å². The highest BCUT2D eigenvalue weighted by Gasteiger charge is 2.15. The topological polar surface area (TPSA) is 55.4 Å². The lowest BCUT2D eigenvalue weighted by molar-refractivity contribution is -0.113. The molecule has 0 bridgehead atoms. The number of halogens is 1. The van der Waals surface area contributed by atoms with E-state index in [1.807, 2.05) is 20.8 Å². The van der Waals surface area contributed by atoms with Crippen LogP contribution in [0.1, 0.15) is 31.1 Å². The van der Waals surface area contributed by atoms with Crippen LogP contribution in [0.4, 0.5) is 5.69 Å². The molecule has 110 valence electrons. The van der Waals surface area contributed by atoms with E-state index in [1.54, 1.807) is 23.9 Å². The summed E-state index contributed by atoms with van der Waals surface area (Å²) >= 11 is 7.46. The highest BCUT2D eigenvalue weighted by atomic mass is 35.5. The van der Waals surface area contributed by atoms with E-state index in [2.05, 4.69) is 10.1 Å². The van der Waals surface area contributed by atoms with Crippen LogP contribution in [-0.2, 0) is 9.53 Å². The minimum atomic E-state index is -0.532. The van der Waals surface area contributed by atoms with E-state index < -0.39 is 5.97 Å². The quantitative estimate of drug-likeness (QED) is 0.863. The Bertz CT molecular complexity index is 512. The SMILES string of the molecule is COC(=O)c1cc(NC(=O)CSC(C)(C)C)ccc1Cl. The first-order chi connectivity index (χ1) is 9.23. The maximum Gasteiger partial charge on any atom is 0.339 e. The number of anilines is 1. The normalized spacial score (nSPS) is 11.1. The molecule has 0 saturated heterocycles. The largest absolute Gasteiger partial charge is 0.465 e. The predicted molar refractivity (Wildman–Crippen MR) is 83.6 cm³/mol. The summed E-state index contributed by atoms with van der Waals surface area (Å²) in [6.07, 6.45) is 0. The number of methoxy groups -OCH3 is 1. The predicted octanol–water partition coefficient (Wildman–Crippen LogP) is 3.60. The highest BCUT2D eigenvalue weighted by molar-refractivity contribution is 8.01. The third kappa shape index (κ3) is 5.43. The van der Waals surface area contributed by atoms with Gasteiger partial charge in [0.15, 0.2) is 0 Å². The van der Waals surface area contributed by atoms with Crippen molar-refractivity contribution < 1.29 is 14.3 Å². The lowest BCUT2D eigenvalue weighted by Crippen LogP contribution is -2.19. The molecule has 0 fully saturated rings. The number of amides is 1. The summed E-state index contributed by atoms with van der Waals surface area (Å²) in [6, 6.07) is 4.71. The number of esters is 1. The molecule has 0 radical (unpaired) electrons. The van der Waals surface area contributed by atoms with E-state index in [4.69, 9.17) is 11.6 Å². The van der Waals surface area contributed by atoms with Crippen LogP contribution in [0.3, 0.4) is 0 Å². The van der Waals surface area contributed by atoms with Gasteiger partial charge in [0.1, 0.15) is 0 Å². The first-order valence-corrected chi connectivity index (χ1v) is 7.41. The molecule has 0 aliphatic carbocycles. The van der Waals surface area contributed by atoms with E-state index in [-0.39, 0.29) is 16.2 Å². The Morgan fingerprint density at radius 3 is 2.55 bits per heavy atom. The van der Waals surface area contributed by atoms with Gasteiger partial charge in [-0.2, -0.15) is 0 Å². The van der Waals surface area contributed by atoms with Crippen LogP contribution in [0.5, 0.6) is 0 Å². The van der Waals surface area contributed by atoms with E-state index in [1.165, 1.54) is 13.2 Å². The van der Waals surface area contributed by atoms with Crippen LogP contribution >= 0.6 is 23.4 Å². The lowest BCUT2D eigenvalue weighted by Gasteiger charge is -2.17. The molecule has 0 aliphatic heterocycles. The molecule has 20 heavy (non-hydrogen) atoms. The van der Waals surface area contributed by atoms with Gasteiger partial charge in [-0.15, -0.1) is 11.8 Å². The van der Waals surface area contributed by atoms with Crippen molar-refractivity contribution >= 4 is 40.9 Å². The van der Waals surface area contributed by atoms with Gasteiger partial charge in [-0.3, -0.25) is 4.79 Å². The average Bonchev–Trinajstić information content (AvgIpc) is 2.37. The van der Waals surface area contributed by atoms with Crippen LogP contribution in [0.15, 0.2) is 18.2 Å². The van der Waals surface area contributed by atoms with Crippen molar-refractivity contribution in [2.45, 2.75) is 25.5 Å². The van der Waals surface area contributed by atoms with E-state index in [0.29, 0.717) is 16.5 Å². The Kier molecular flexibility index (Phi) is 5.89. The Morgan fingerprint density at radius 1 is 1.35 bits per heavy atom. The summed E-state index contributed by atoms with van der Waals surface area (Å²) in [7, 11) is 1.28.